The van der Waals surface area contributed by atoms with Gasteiger partial charge in [-0.1, -0.05) is 31.2 Å². The van der Waals surface area contributed by atoms with E-state index in [1.54, 1.807) is 0 Å². The Bertz CT molecular complexity index is 853. The van der Waals surface area contributed by atoms with E-state index in [1.165, 1.54) is 16.7 Å². The number of aryl methyl sites for hydroxylation is 2. The van der Waals surface area contributed by atoms with E-state index in [9.17, 15) is 4.79 Å². The van der Waals surface area contributed by atoms with Gasteiger partial charge in [0.15, 0.2) is 0 Å². The Kier molecular flexibility index (Phi) is 5.59. The van der Waals surface area contributed by atoms with Gasteiger partial charge in [0.1, 0.15) is 5.54 Å². The van der Waals surface area contributed by atoms with Gasteiger partial charge >= 0.3 is 0 Å². The molecule has 3 heterocycles. The Hall–Kier alpha value is -1.91. The Morgan fingerprint density at radius 2 is 2.04 bits per heavy atom. The van der Waals surface area contributed by atoms with Crippen molar-refractivity contribution in [3.8, 4) is 11.1 Å². The highest BCUT2D eigenvalue weighted by Gasteiger charge is 2.50. The topological polar surface area (TPSA) is 45.2 Å². The lowest BCUT2D eigenvalue weighted by atomic mass is 9.96. The molecule has 27 heavy (non-hydrogen) atoms. The number of nitrogens with zero attached hydrogens (tertiary/aromatic N) is 2. The minimum absolute atomic E-state index is 0. The quantitative estimate of drug-likeness (QED) is 0.866. The molecule has 1 N–H and O–H groups in total. The zero-order valence-corrected chi connectivity index (χ0v) is 17.1. The molecule has 0 aliphatic carbocycles. The maximum absolute atomic E-state index is 12.6. The van der Waals surface area contributed by atoms with Gasteiger partial charge in [0.2, 0.25) is 5.91 Å². The first kappa shape index (κ1) is 19.8. The predicted molar refractivity (Wildman–Crippen MR) is 111 cm³/mol. The molecule has 1 spiro atoms. The number of nitrogens with one attached hydrogen (secondary N) is 1. The van der Waals surface area contributed by atoms with E-state index in [1.807, 2.05) is 11.9 Å². The van der Waals surface area contributed by atoms with E-state index in [4.69, 9.17) is 4.98 Å². The number of aromatic nitrogens is 1. The summed E-state index contributed by atoms with van der Waals surface area (Å²) in [6.45, 7) is 5.07. The molecular formula is C22H28ClN3O. The van der Waals surface area contributed by atoms with Crippen LogP contribution in [0.2, 0.25) is 0 Å². The molecule has 5 heteroatoms. The third kappa shape index (κ3) is 3.61. The monoisotopic (exact) mass is 385 g/mol. The Morgan fingerprint density at radius 3 is 2.74 bits per heavy atom. The summed E-state index contributed by atoms with van der Waals surface area (Å²) >= 11 is 0. The van der Waals surface area contributed by atoms with Crippen LogP contribution >= 0.6 is 12.4 Å². The average Bonchev–Trinajstić information content (AvgIpc) is 3.21. The summed E-state index contributed by atoms with van der Waals surface area (Å²) in [5.41, 5.74) is 5.50. The van der Waals surface area contributed by atoms with E-state index in [2.05, 4.69) is 55.6 Å². The molecule has 2 saturated heterocycles. The van der Waals surface area contributed by atoms with Gasteiger partial charge in [0.25, 0.3) is 0 Å². The SMILES string of the molecule is CCc1cccc(-c2cc(C)nc([C@H]3CC[C@@]4(CCN(C)C4=O)N3)c2)c1.Cl. The molecule has 2 aromatic rings. The van der Waals surface area contributed by atoms with Crippen molar-refractivity contribution in [2.24, 2.45) is 0 Å². The number of hydrogen-bond donors (Lipinski definition) is 1. The molecule has 0 bridgehead atoms. The fraction of sp³-hybridized carbons (Fsp3) is 0.455. The van der Waals surface area contributed by atoms with Crippen LogP contribution in [0.15, 0.2) is 36.4 Å². The summed E-state index contributed by atoms with van der Waals surface area (Å²) in [6, 6.07) is 13.2. The van der Waals surface area contributed by atoms with Crippen molar-refractivity contribution in [1.82, 2.24) is 15.2 Å². The second-order valence-corrected chi connectivity index (χ2v) is 7.77. The molecule has 0 saturated carbocycles. The molecule has 2 atom stereocenters. The summed E-state index contributed by atoms with van der Waals surface area (Å²) in [5, 5.41) is 3.64. The van der Waals surface area contributed by atoms with Gasteiger partial charge in [0, 0.05) is 19.3 Å². The van der Waals surface area contributed by atoms with Gasteiger partial charge in [-0.2, -0.15) is 0 Å². The molecule has 4 rings (SSSR count). The van der Waals surface area contributed by atoms with Gasteiger partial charge in [-0.15, -0.1) is 12.4 Å². The summed E-state index contributed by atoms with van der Waals surface area (Å²) in [4.78, 5) is 19.2. The van der Waals surface area contributed by atoms with Crippen LogP contribution < -0.4 is 5.32 Å². The van der Waals surface area contributed by atoms with Crippen LogP contribution in [0.3, 0.4) is 0 Å². The summed E-state index contributed by atoms with van der Waals surface area (Å²) in [7, 11) is 1.90. The number of amides is 1. The highest BCUT2D eigenvalue weighted by atomic mass is 35.5. The lowest BCUT2D eigenvalue weighted by Crippen LogP contribution is -2.47. The zero-order valence-electron chi connectivity index (χ0n) is 16.3. The van der Waals surface area contributed by atoms with Gasteiger partial charge in [-0.3, -0.25) is 15.1 Å². The number of likely N-dealkylation sites (N-methyl/N-ethyl adjacent to an activating group) is 1. The number of carbonyl (C=O) groups is 1. The first-order valence-corrected chi connectivity index (χ1v) is 9.62. The first-order valence-electron chi connectivity index (χ1n) is 9.62. The number of benzene rings is 1. The van der Waals surface area contributed by atoms with Crippen LogP contribution in [0, 0.1) is 6.92 Å². The number of rotatable bonds is 3. The molecule has 4 nitrogen and oxygen atoms in total. The third-order valence-electron chi connectivity index (χ3n) is 5.94. The second kappa shape index (κ2) is 7.61. The first-order chi connectivity index (χ1) is 12.5. The maximum Gasteiger partial charge on any atom is 0.242 e. The fourth-order valence-corrected chi connectivity index (χ4v) is 4.40. The second-order valence-electron chi connectivity index (χ2n) is 7.77. The lowest BCUT2D eigenvalue weighted by Gasteiger charge is -2.23. The van der Waals surface area contributed by atoms with Crippen LogP contribution in [-0.2, 0) is 11.2 Å². The lowest BCUT2D eigenvalue weighted by molar-refractivity contribution is -0.131. The van der Waals surface area contributed by atoms with E-state index < -0.39 is 0 Å². The summed E-state index contributed by atoms with van der Waals surface area (Å²) in [6.07, 6.45) is 3.80. The van der Waals surface area contributed by atoms with Crippen molar-refractivity contribution < 1.29 is 4.79 Å². The minimum Gasteiger partial charge on any atom is -0.344 e. The number of carbonyl (C=O) groups excluding carboxylic acids is 1. The molecule has 0 unspecified atom stereocenters. The molecular weight excluding hydrogens is 358 g/mol. The number of halogens is 1. The highest BCUT2D eigenvalue weighted by molar-refractivity contribution is 5.88. The predicted octanol–water partition coefficient (Wildman–Crippen LogP) is 4.07. The van der Waals surface area contributed by atoms with Crippen LogP contribution in [0.5, 0.6) is 0 Å². The van der Waals surface area contributed by atoms with E-state index in [0.717, 1.165) is 43.6 Å². The smallest absolute Gasteiger partial charge is 0.242 e. The molecule has 2 fully saturated rings. The molecule has 0 radical (unpaired) electrons. The van der Waals surface area contributed by atoms with Crippen LogP contribution in [0.1, 0.15) is 49.2 Å². The van der Waals surface area contributed by atoms with Crippen LogP contribution in [0.25, 0.3) is 11.1 Å². The minimum atomic E-state index is -0.368. The van der Waals surface area contributed by atoms with Crippen molar-refractivity contribution in [2.75, 3.05) is 13.6 Å². The molecule has 2 aliphatic heterocycles. The van der Waals surface area contributed by atoms with Gasteiger partial charge in [0.05, 0.1) is 11.7 Å². The Morgan fingerprint density at radius 1 is 1.22 bits per heavy atom. The van der Waals surface area contributed by atoms with Crippen molar-refractivity contribution in [1.29, 1.82) is 0 Å². The largest absolute Gasteiger partial charge is 0.344 e. The molecule has 1 aromatic heterocycles. The Labute approximate surface area is 167 Å². The maximum atomic E-state index is 12.6. The average molecular weight is 386 g/mol. The van der Waals surface area contributed by atoms with Gasteiger partial charge < -0.3 is 4.90 Å². The number of likely N-dealkylation sites (tertiary alicyclic amines) is 1. The normalized spacial score (nSPS) is 24.5. The number of hydrogen-bond acceptors (Lipinski definition) is 3. The molecule has 144 valence electrons. The van der Waals surface area contributed by atoms with E-state index in [-0.39, 0.29) is 29.9 Å². The van der Waals surface area contributed by atoms with E-state index >= 15 is 0 Å². The molecule has 2 aliphatic rings. The Balaban J connectivity index is 0.00000210. The van der Waals surface area contributed by atoms with Gasteiger partial charge in [-0.05, 0) is 61.4 Å². The van der Waals surface area contributed by atoms with E-state index in [0.29, 0.717) is 0 Å². The fourth-order valence-electron chi connectivity index (χ4n) is 4.40. The third-order valence-corrected chi connectivity index (χ3v) is 5.94. The highest BCUT2D eigenvalue weighted by Crippen LogP contribution is 2.39. The van der Waals surface area contributed by atoms with Crippen molar-refractivity contribution in [3.63, 3.8) is 0 Å². The van der Waals surface area contributed by atoms with Crippen LogP contribution in [0.4, 0.5) is 0 Å². The summed E-state index contributed by atoms with van der Waals surface area (Å²) < 4.78 is 0. The van der Waals surface area contributed by atoms with Crippen molar-refractivity contribution in [2.45, 2.75) is 51.1 Å². The summed E-state index contributed by atoms with van der Waals surface area (Å²) in [5.74, 6) is 0.239. The van der Waals surface area contributed by atoms with Gasteiger partial charge in [-0.25, -0.2) is 0 Å². The molecule has 1 amide bonds. The standard InChI is InChI=1S/C22H27N3O.ClH/c1-4-16-6-5-7-17(13-16)18-12-15(2)23-20(14-18)19-8-9-22(24-19)10-11-25(3)21(22)26;/h5-7,12-14,19,24H,4,8-11H2,1-3H3;1H/t19-,22+;/m1./s1. The zero-order chi connectivity index (χ0) is 18.3. The van der Waals surface area contributed by atoms with Crippen molar-refractivity contribution in [3.05, 3.63) is 53.3 Å². The number of pyridine rings is 1. The van der Waals surface area contributed by atoms with Crippen molar-refractivity contribution >= 4 is 18.3 Å². The molecule has 1 aromatic carbocycles. The van der Waals surface area contributed by atoms with Crippen LogP contribution in [-0.4, -0.2) is 34.9 Å².